The molecule has 0 saturated carbocycles. The molecule has 2 aromatic rings. The summed E-state index contributed by atoms with van der Waals surface area (Å²) in [4.78, 5) is 12.0. The Morgan fingerprint density at radius 2 is 1.68 bits per heavy atom. The fourth-order valence-electron chi connectivity index (χ4n) is 2.09. The maximum absolute atomic E-state index is 12.4. The number of anilines is 1. The number of halogens is 1. The molecule has 0 aliphatic rings. The van der Waals surface area contributed by atoms with Gasteiger partial charge in [0.2, 0.25) is 10.0 Å². The van der Waals surface area contributed by atoms with Crippen molar-refractivity contribution in [3.05, 3.63) is 58.1 Å². The van der Waals surface area contributed by atoms with Crippen LogP contribution in [0.4, 0.5) is 5.69 Å². The van der Waals surface area contributed by atoms with Gasteiger partial charge in [-0.15, -0.1) is 0 Å². The molecule has 2 aromatic carbocycles. The zero-order valence-corrected chi connectivity index (χ0v) is 19.1. The van der Waals surface area contributed by atoms with E-state index < -0.39 is 21.6 Å². The van der Waals surface area contributed by atoms with Crippen molar-refractivity contribution in [2.24, 2.45) is 0 Å². The van der Waals surface area contributed by atoms with Crippen LogP contribution in [0.5, 0.6) is 0 Å². The quantitative estimate of drug-likeness (QED) is 0.495. The summed E-state index contributed by atoms with van der Waals surface area (Å²) < 4.78 is 33.3. The van der Waals surface area contributed by atoms with Gasteiger partial charge in [0.05, 0.1) is 11.3 Å². The Morgan fingerprint density at radius 3 is 2.21 bits per heavy atom. The second-order valence-corrected chi connectivity index (χ2v) is 9.36. The molecule has 0 bridgehead atoms. The van der Waals surface area contributed by atoms with Gasteiger partial charge in [-0.3, -0.25) is 0 Å². The van der Waals surface area contributed by atoms with Crippen molar-refractivity contribution < 1.29 is 17.9 Å². The third-order valence-corrected chi connectivity index (χ3v) is 5.27. The molecule has 154 valence electrons. The highest BCUT2D eigenvalue weighted by molar-refractivity contribution is 9.10. The summed E-state index contributed by atoms with van der Waals surface area (Å²) in [5.41, 5.74) is 6.46. The standard InChI is InChI=1S/C18H21BrN2O4S.C2H6/c1-18(2,3)25-17(22)13-6-4-12(5-7-13)11-21-26(23,24)16-10-14(19)8-9-15(16)20;1-2/h4-10,21H,11,20H2,1-3H3;1-2H3. The maximum atomic E-state index is 12.4. The van der Waals surface area contributed by atoms with Crippen LogP contribution in [0, 0.1) is 0 Å². The molecule has 28 heavy (non-hydrogen) atoms. The lowest BCUT2D eigenvalue weighted by Crippen LogP contribution is -2.25. The Labute approximate surface area is 175 Å². The summed E-state index contributed by atoms with van der Waals surface area (Å²) in [7, 11) is -3.76. The second-order valence-electron chi connectivity index (χ2n) is 6.71. The topological polar surface area (TPSA) is 98.5 Å². The largest absolute Gasteiger partial charge is 0.456 e. The van der Waals surface area contributed by atoms with E-state index in [2.05, 4.69) is 20.7 Å². The molecule has 0 atom stereocenters. The molecule has 3 N–H and O–H groups in total. The van der Waals surface area contributed by atoms with E-state index in [4.69, 9.17) is 10.5 Å². The summed E-state index contributed by atoms with van der Waals surface area (Å²) in [5.74, 6) is -0.424. The second kappa shape index (κ2) is 10.0. The van der Waals surface area contributed by atoms with Crippen molar-refractivity contribution in [2.75, 3.05) is 5.73 Å². The number of hydrogen-bond donors (Lipinski definition) is 2. The lowest BCUT2D eigenvalue weighted by atomic mass is 10.1. The molecule has 0 aromatic heterocycles. The molecule has 0 fully saturated rings. The van der Waals surface area contributed by atoms with E-state index in [9.17, 15) is 13.2 Å². The average Bonchev–Trinajstić information content (AvgIpc) is 2.62. The first-order chi connectivity index (χ1) is 13.0. The predicted octanol–water partition coefficient (Wildman–Crippen LogP) is 4.49. The molecule has 0 aliphatic carbocycles. The molecular weight excluding hydrogens is 444 g/mol. The number of benzene rings is 2. The van der Waals surface area contributed by atoms with Crippen molar-refractivity contribution in [2.45, 2.75) is 51.7 Å². The number of nitrogens with two attached hydrogens (primary N) is 1. The average molecular weight is 471 g/mol. The third kappa shape index (κ3) is 7.26. The summed E-state index contributed by atoms with van der Waals surface area (Å²) in [5, 5.41) is 0. The molecular formula is C20H27BrN2O4S. The third-order valence-electron chi connectivity index (χ3n) is 3.32. The van der Waals surface area contributed by atoms with Gasteiger partial charge in [0.25, 0.3) is 0 Å². The van der Waals surface area contributed by atoms with Gasteiger partial charge in [0.1, 0.15) is 10.5 Å². The van der Waals surface area contributed by atoms with E-state index in [-0.39, 0.29) is 17.1 Å². The van der Waals surface area contributed by atoms with Crippen LogP contribution in [-0.2, 0) is 21.3 Å². The smallest absolute Gasteiger partial charge is 0.338 e. The summed E-state index contributed by atoms with van der Waals surface area (Å²) in [6.45, 7) is 9.45. The number of hydrogen-bond acceptors (Lipinski definition) is 5. The molecule has 6 nitrogen and oxygen atoms in total. The molecule has 0 spiro atoms. The minimum Gasteiger partial charge on any atom is -0.456 e. The number of esters is 1. The number of nitrogens with one attached hydrogen (secondary N) is 1. The minimum atomic E-state index is -3.76. The zero-order valence-electron chi connectivity index (χ0n) is 16.7. The lowest BCUT2D eigenvalue weighted by molar-refractivity contribution is 0.00695. The Hall–Kier alpha value is -1.90. The van der Waals surface area contributed by atoms with E-state index in [0.717, 1.165) is 0 Å². The first-order valence-corrected chi connectivity index (χ1v) is 11.1. The first-order valence-electron chi connectivity index (χ1n) is 8.85. The van der Waals surface area contributed by atoms with E-state index in [1.54, 1.807) is 51.1 Å². The Balaban J connectivity index is 0.00000190. The van der Waals surface area contributed by atoms with E-state index in [1.807, 2.05) is 13.8 Å². The van der Waals surface area contributed by atoms with Gasteiger partial charge in [-0.25, -0.2) is 17.9 Å². The predicted molar refractivity (Wildman–Crippen MR) is 116 cm³/mol. The highest BCUT2D eigenvalue weighted by atomic mass is 79.9. The highest BCUT2D eigenvalue weighted by Crippen LogP contribution is 2.23. The van der Waals surface area contributed by atoms with E-state index >= 15 is 0 Å². The van der Waals surface area contributed by atoms with Crippen LogP contribution in [0.25, 0.3) is 0 Å². The Morgan fingerprint density at radius 1 is 1.11 bits per heavy atom. The number of carbonyl (C=O) groups is 1. The lowest BCUT2D eigenvalue weighted by Gasteiger charge is -2.19. The highest BCUT2D eigenvalue weighted by Gasteiger charge is 2.19. The summed E-state index contributed by atoms with van der Waals surface area (Å²) >= 11 is 3.24. The van der Waals surface area contributed by atoms with Gasteiger partial charge in [-0.2, -0.15) is 0 Å². The maximum Gasteiger partial charge on any atom is 0.338 e. The van der Waals surface area contributed by atoms with Crippen LogP contribution in [0.2, 0.25) is 0 Å². The monoisotopic (exact) mass is 470 g/mol. The van der Waals surface area contributed by atoms with Gasteiger partial charge in [0, 0.05) is 11.0 Å². The summed E-state index contributed by atoms with van der Waals surface area (Å²) in [6, 6.07) is 11.2. The Bertz CT molecular complexity index is 905. The van der Waals surface area contributed by atoms with Gasteiger partial charge < -0.3 is 10.5 Å². The van der Waals surface area contributed by atoms with Crippen LogP contribution < -0.4 is 10.5 Å². The van der Waals surface area contributed by atoms with Crippen molar-refractivity contribution in [1.82, 2.24) is 4.72 Å². The molecule has 8 heteroatoms. The molecule has 0 amide bonds. The fraction of sp³-hybridized carbons (Fsp3) is 0.350. The van der Waals surface area contributed by atoms with E-state index in [1.165, 1.54) is 12.1 Å². The molecule has 2 rings (SSSR count). The molecule has 0 radical (unpaired) electrons. The van der Waals surface area contributed by atoms with Crippen molar-refractivity contribution >= 4 is 37.6 Å². The zero-order chi connectivity index (χ0) is 21.5. The molecule has 0 heterocycles. The molecule has 0 unspecified atom stereocenters. The van der Waals surface area contributed by atoms with Crippen LogP contribution in [0.15, 0.2) is 51.8 Å². The molecule has 0 saturated heterocycles. The Kier molecular flexibility index (Phi) is 8.66. The van der Waals surface area contributed by atoms with Gasteiger partial charge >= 0.3 is 5.97 Å². The van der Waals surface area contributed by atoms with Gasteiger partial charge in [0.15, 0.2) is 0 Å². The number of carbonyl (C=O) groups excluding carboxylic acids is 1. The van der Waals surface area contributed by atoms with Crippen LogP contribution >= 0.6 is 15.9 Å². The van der Waals surface area contributed by atoms with Crippen LogP contribution in [-0.4, -0.2) is 20.0 Å². The van der Waals surface area contributed by atoms with E-state index in [0.29, 0.717) is 15.6 Å². The minimum absolute atomic E-state index is 0.0113. The number of rotatable bonds is 5. The normalized spacial score (nSPS) is 11.4. The fourth-order valence-corrected chi connectivity index (χ4v) is 3.78. The SMILES string of the molecule is CC.CC(C)(C)OC(=O)c1ccc(CNS(=O)(=O)c2cc(Br)ccc2N)cc1. The number of ether oxygens (including phenoxy) is 1. The van der Waals surface area contributed by atoms with Crippen molar-refractivity contribution in [3.63, 3.8) is 0 Å². The van der Waals surface area contributed by atoms with Crippen molar-refractivity contribution in [3.8, 4) is 0 Å². The molecule has 0 aliphatic heterocycles. The van der Waals surface area contributed by atoms with Crippen LogP contribution in [0.3, 0.4) is 0 Å². The van der Waals surface area contributed by atoms with Crippen LogP contribution in [0.1, 0.15) is 50.5 Å². The summed E-state index contributed by atoms with van der Waals surface area (Å²) in [6.07, 6.45) is 0. The van der Waals surface area contributed by atoms with Gasteiger partial charge in [-0.1, -0.05) is 41.9 Å². The number of sulfonamides is 1. The van der Waals surface area contributed by atoms with Crippen molar-refractivity contribution in [1.29, 1.82) is 0 Å². The first kappa shape index (κ1) is 24.1. The number of nitrogen functional groups attached to an aromatic ring is 1. The van der Waals surface area contributed by atoms with Gasteiger partial charge in [-0.05, 0) is 56.7 Å².